The molecule has 4 nitrogen and oxygen atoms in total. The van der Waals surface area contributed by atoms with Crippen molar-refractivity contribution < 1.29 is 45.0 Å². The molecule has 0 aromatic heterocycles. The lowest BCUT2D eigenvalue weighted by molar-refractivity contribution is -0.147. The number of hydrogen-bond donors (Lipinski definition) is 1. The summed E-state index contributed by atoms with van der Waals surface area (Å²) >= 11 is 5.86. The van der Waals surface area contributed by atoms with Crippen LogP contribution in [0.4, 0.5) is 36.4 Å². The Morgan fingerprint density at radius 3 is 2.06 bits per heavy atom. The van der Waals surface area contributed by atoms with Gasteiger partial charge >= 0.3 is 12.1 Å². The highest BCUT2D eigenvalue weighted by Gasteiger charge is 2.32. The highest BCUT2D eigenvalue weighted by atomic mass is 35.5. The first-order chi connectivity index (χ1) is 14.8. The van der Waals surface area contributed by atoms with Crippen LogP contribution in [0.15, 0.2) is 18.2 Å². The zero-order chi connectivity index (χ0) is 24.4. The maximum Gasteiger partial charge on any atom is 0.416 e. The molecule has 32 heavy (non-hydrogen) atoms. The SMILES string of the molecule is COc1c(F)c(F)c(COC(=O)[C@H](Nc2ccc(C(F)(F)F)cc2Cl)C(C)C)c(F)c1F. The van der Waals surface area contributed by atoms with Gasteiger partial charge in [-0.05, 0) is 24.1 Å². The third-order valence-corrected chi connectivity index (χ3v) is 4.72. The Balaban J connectivity index is 2.23. The van der Waals surface area contributed by atoms with E-state index in [2.05, 4.69) is 10.1 Å². The maximum absolute atomic E-state index is 14.1. The number of carbonyl (C=O) groups excluding carboxylic acids is 1. The summed E-state index contributed by atoms with van der Waals surface area (Å²) < 4.78 is 103. The number of methoxy groups -OCH3 is 1. The van der Waals surface area contributed by atoms with Gasteiger partial charge in [0.2, 0.25) is 11.6 Å². The van der Waals surface area contributed by atoms with Crippen molar-refractivity contribution >= 4 is 23.3 Å². The highest BCUT2D eigenvalue weighted by molar-refractivity contribution is 6.33. The number of rotatable bonds is 7. The number of carbonyl (C=O) groups is 1. The Hall–Kier alpha value is -2.69. The molecule has 0 bridgehead atoms. The van der Waals surface area contributed by atoms with E-state index >= 15 is 0 Å². The summed E-state index contributed by atoms with van der Waals surface area (Å²) in [5.41, 5.74) is -2.22. The number of hydrogen-bond acceptors (Lipinski definition) is 4. The van der Waals surface area contributed by atoms with Crippen LogP contribution in [-0.2, 0) is 22.3 Å². The van der Waals surface area contributed by atoms with Crippen LogP contribution in [0.2, 0.25) is 5.02 Å². The molecule has 0 aliphatic heterocycles. The highest BCUT2D eigenvalue weighted by Crippen LogP contribution is 2.34. The van der Waals surface area contributed by atoms with Crippen molar-refractivity contribution in [2.24, 2.45) is 5.92 Å². The summed E-state index contributed by atoms with van der Waals surface area (Å²) in [7, 11) is 0.811. The predicted molar refractivity (Wildman–Crippen MR) is 101 cm³/mol. The molecule has 0 spiro atoms. The molecule has 2 aromatic rings. The molecule has 2 rings (SSSR count). The van der Waals surface area contributed by atoms with Crippen LogP contribution in [0.25, 0.3) is 0 Å². The van der Waals surface area contributed by atoms with E-state index in [0.29, 0.717) is 6.07 Å². The Morgan fingerprint density at radius 2 is 1.62 bits per heavy atom. The van der Waals surface area contributed by atoms with Crippen molar-refractivity contribution in [1.29, 1.82) is 0 Å². The minimum absolute atomic E-state index is 0.0331. The second-order valence-electron chi connectivity index (χ2n) is 6.93. The molecule has 2 aromatic carbocycles. The van der Waals surface area contributed by atoms with Gasteiger partial charge in [-0.3, -0.25) is 0 Å². The van der Waals surface area contributed by atoms with Gasteiger partial charge in [-0.1, -0.05) is 25.4 Å². The lowest BCUT2D eigenvalue weighted by atomic mass is 10.0. The minimum Gasteiger partial charge on any atom is -0.491 e. The second-order valence-corrected chi connectivity index (χ2v) is 7.34. The van der Waals surface area contributed by atoms with Crippen molar-refractivity contribution in [2.45, 2.75) is 32.7 Å². The quantitative estimate of drug-likeness (QED) is 0.291. The Kier molecular flexibility index (Phi) is 7.87. The molecule has 0 saturated carbocycles. The number of nitrogens with one attached hydrogen (secondary N) is 1. The summed E-state index contributed by atoms with van der Waals surface area (Å²) in [6, 6.07) is 1.18. The van der Waals surface area contributed by atoms with Crippen LogP contribution in [-0.4, -0.2) is 19.1 Å². The summed E-state index contributed by atoms with van der Waals surface area (Å²) in [4.78, 5) is 12.5. The van der Waals surface area contributed by atoms with Gasteiger partial charge < -0.3 is 14.8 Å². The normalized spacial score (nSPS) is 12.6. The standard InChI is InChI=1S/C20H17ClF7NO3/c1-8(2)17(29-12-5-4-9(6-11(12)21)20(26,27)28)19(30)32-7-10-13(22)15(24)18(31-3)16(25)14(10)23/h4-6,8,17,29H,7H2,1-3H3/t17-/m1/s1. The summed E-state index contributed by atoms with van der Waals surface area (Å²) in [6.07, 6.45) is -4.63. The fourth-order valence-corrected chi connectivity index (χ4v) is 2.90. The lowest BCUT2D eigenvalue weighted by Gasteiger charge is -2.23. The molecule has 176 valence electrons. The van der Waals surface area contributed by atoms with E-state index in [1.54, 1.807) is 13.8 Å². The Labute approximate surface area is 183 Å². The molecule has 0 fully saturated rings. The van der Waals surface area contributed by atoms with Crippen molar-refractivity contribution in [1.82, 2.24) is 0 Å². The first-order valence-electron chi connectivity index (χ1n) is 8.98. The van der Waals surface area contributed by atoms with Gasteiger partial charge in [-0.15, -0.1) is 0 Å². The van der Waals surface area contributed by atoms with E-state index in [1.807, 2.05) is 0 Å². The molecule has 0 amide bonds. The van der Waals surface area contributed by atoms with Gasteiger partial charge in [-0.2, -0.15) is 22.0 Å². The van der Waals surface area contributed by atoms with Crippen molar-refractivity contribution in [3.63, 3.8) is 0 Å². The van der Waals surface area contributed by atoms with Crippen LogP contribution in [0.3, 0.4) is 0 Å². The zero-order valence-corrected chi connectivity index (χ0v) is 17.6. The van der Waals surface area contributed by atoms with Crippen molar-refractivity contribution in [2.75, 3.05) is 12.4 Å². The molecular formula is C20H17ClF7NO3. The number of benzene rings is 2. The predicted octanol–water partition coefficient (Wildman–Crippen LogP) is 6.10. The molecule has 0 aliphatic carbocycles. The smallest absolute Gasteiger partial charge is 0.416 e. The van der Waals surface area contributed by atoms with Gasteiger partial charge in [-0.25, -0.2) is 13.6 Å². The molecular weight excluding hydrogens is 471 g/mol. The molecule has 0 saturated heterocycles. The topological polar surface area (TPSA) is 47.6 Å². The van der Waals surface area contributed by atoms with Gasteiger partial charge in [0.15, 0.2) is 17.4 Å². The Morgan fingerprint density at radius 1 is 1.06 bits per heavy atom. The fourth-order valence-electron chi connectivity index (χ4n) is 2.67. The molecule has 12 heteroatoms. The van der Waals surface area contributed by atoms with E-state index in [-0.39, 0.29) is 10.7 Å². The number of ether oxygens (including phenoxy) is 2. The average molecular weight is 488 g/mol. The lowest BCUT2D eigenvalue weighted by Crippen LogP contribution is -2.36. The van der Waals surface area contributed by atoms with Crippen LogP contribution >= 0.6 is 11.6 Å². The third kappa shape index (κ3) is 5.37. The van der Waals surface area contributed by atoms with E-state index < -0.39 is 70.9 Å². The molecule has 0 aliphatic rings. The molecule has 0 radical (unpaired) electrons. The molecule has 0 heterocycles. The number of anilines is 1. The van der Waals surface area contributed by atoms with Crippen LogP contribution in [0.1, 0.15) is 25.0 Å². The van der Waals surface area contributed by atoms with Gasteiger partial charge in [0.1, 0.15) is 12.6 Å². The fraction of sp³-hybridized carbons (Fsp3) is 0.350. The summed E-state index contributed by atoms with van der Waals surface area (Å²) in [5, 5.41) is 2.26. The molecule has 1 atom stereocenters. The van der Waals surface area contributed by atoms with Crippen LogP contribution in [0.5, 0.6) is 5.75 Å². The van der Waals surface area contributed by atoms with E-state index in [0.717, 1.165) is 19.2 Å². The van der Waals surface area contributed by atoms with Crippen LogP contribution < -0.4 is 10.1 Å². The zero-order valence-electron chi connectivity index (χ0n) is 16.8. The summed E-state index contributed by atoms with van der Waals surface area (Å²) in [6.45, 7) is 1.94. The number of alkyl halides is 3. The van der Waals surface area contributed by atoms with E-state index in [4.69, 9.17) is 16.3 Å². The summed E-state index contributed by atoms with van der Waals surface area (Å²) in [5.74, 6) is -10.1. The van der Waals surface area contributed by atoms with Gasteiger partial charge in [0.25, 0.3) is 0 Å². The Bertz CT molecular complexity index is 983. The van der Waals surface area contributed by atoms with Crippen molar-refractivity contribution in [3.8, 4) is 5.75 Å². The molecule has 0 unspecified atom stereocenters. The number of esters is 1. The van der Waals surface area contributed by atoms with E-state index in [9.17, 15) is 35.5 Å². The van der Waals surface area contributed by atoms with Crippen molar-refractivity contribution in [3.05, 3.63) is 57.6 Å². The van der Waals surface area contributed by atoms with Gasteiger partial charge in [0.05, 0.1) is 28.9 Å². The largest absolute Gasteiger partial charge is 0.491 e. The number of halogens is 8. The first-order valence-corrected chi connectivity index (χ1v) is 9.36. The van der Waals surface area contributed by atoms with E-state index in [1.165, 1.54) is 0 Å². The van der Waals surface area contributed by atoms with Crippen LogP contribution in [0, 0.1) is 29.2 Å². The molecule has 1 N–H and O–H groups in total. The monoisotopic (exact) mass is 487 g/mol. The maximum atomic E-state index is 14.1. The average Bonchev–Trinajstić information content (AvgIpc) is 2.70. The third-order valence-electron chi connectivity index (χ3n) is 4.40. The van der Waals surface area contributed by atoms with Gasteiger partial charge in [0, 0.05) is 0 Å². The minimum atomic E-state index is -4.63. The first kappa shape index (κ1) is 25.6. The second kappa shape index (κ2) is 9.85.